The van der Waals surface area contributed by atoms with Gasteiger partial charge in [-0.2, -0.15) is 0 Å². The fourth-order valence-electron chi connectivity index (χ4n) is 5.13. The van der Waals surface area contributed by atoms with Crippen molar-refractivity contribution in [1.82, 2.24) is 29.7 Å². The maximum atomic E-state index is 8.91. The van der Waals surface area contributed by atoms with Crippen LogP contribution in [0.15, 0.2) is 45.0 Å². The number of hydrogen-bond donors (Lipinski definition) is 1. The summed E-state index contributed by atoms with van der Waals surface area (Å²) in [5.41, 5.74) is 9.66. The van der Waals surface area contributed by atoms with Crippen LogP contribution in [0.3, 0.4) is 0 Å². The predicted octanol–water partition coefficient (Wildman–Crippen LogP) is 11.2. The van der Waals surface area contributed by atoms with Gasteiger partial charge in [-0.1, -0.05) is 88.2 Å². The molecule has 11 heteroatoms. The molecule has 0 aliphatic heterocycles. The van der Waals surface area contributed by atoms with Crippen LogP contribution in [0.4, 0.5) is 0 Å². The monoisotopic (exact) mass is 742 g/mol. The van der Waals surface area contributed by atoms with Crippen LogP contribution in [0.25, 0.3) is 0 Å². The molecule has 0 aromatic carbocycles. The predicted molar refractivity (Wildman–Crippen MR) is 214 cm³/mol. The van der Waals surface area contributed by atoms with E-state index >= 15 is 0 Å². The van der Waals surface area contributed by atoms with E-state index in [1.54, 1.807) is 34.4 Å². The quantitative estimate of drug-likeness (QED) is 0.180. The van der Waals surface area contributed by atoms with E-state index in [1.165, 1.54) is 27.4 Å². The highest BCUT2D eigenvalue weighted by atomic mass is 32.1. The Balaban J connectivity index is 0.000000319. The summed E-state index contributed by atoms with van der Waals surface area (Å²) in [4.78, 5) is 19.0. The lowest BCUT2D eigenvalue weighted by Crippen LogP contribution is -2.21. The van der Waals surface area contributed by atoms with E-state index in [0.717, 1.165) is 28.7 Å². The molecule has 5 aromatic heterocycles. The third kappa shape index (κ3) is 15.2. The first-order valence-corrected chi connectivity index (χ1v) is 19.1. The number of nitrogens with zero attached hydrogens (tertiary/aromatic N) is 6. The number of aromatic nitrogens is 6. The molecule has 0 unspecified atom stereocenters. The van der Waals surface area contributed by atoms with Crippen LogP contribution in [-0.2, 0) is 33.8 Å². The molecule has 9 nitrogen and oxygen atoms in total. The van der Waals surface area contributed by atoms with E-state index in [9.17, 15) is 0 Å². The summed E-state index contributed by atoms with van der Waals surface area (Å²) in [6.07, 6.45) is 7.06. The number of thiazole rings is 2. The second kappa shape index (κ2) is 18.6. The zero-order valence-electron chi connectivity index (χ0n) is 34.9. The van der Waals surface area contributed by atoms with Crippen molar-refractivity contribution < 1.29 is 14.0 Å². The standard InChI is InChI=1S/C8H14N2.C8H13NOS.2C8H13NO.C8H13NS/c1-7-9-5-6-10(7)8(2,3)4;1-8(2,3)7-6(4-10)9-5-11-7;1-6-7(8(2,3)4)10-5-9-6;1-6-7(5-10-9-6)8(2,3)4;1-6-7(8(2,3)4)10-5-9-6/h5-6H,1-4H3;5,10H,4H2,1-3H3;3*5H,1-4H3. The van der Waals surface area contributed by atoms with Crippen molar-refractivity contribution >= 4 is 22.7 Å². The molecule has 51 heavy (non-hydrogen) atoms. The third-order valence-electron chi connectivity index (χ3n) is 7.43. The molecule has 0 saturated carbocycles. The first-order valence-electron chi connectivity index (χ1n) is 17.4. The minimum Gasteiger partial charge on any atom is -0.448 e. The molecule has 1 N–H and O–H groups in total. The van der Waals surface area contributed by atoms with Crippen molar-refractivity contribution in [3.8, 4) is 0 Å². The van der Waals surface area contributed by atoms with Crippen LogP contribution in [0.5, 0.6) is 0 Å². The number of oxazole rings is 1. The highest BCUT2D eigenvalue weighted by Gasteiger charge is 2.21. The van der Waals surface area contributed by atoms with E-state index in [1.807, 2.05) is 38.7 Å². The molecule has 0 bridgehead atoms. The second-order valence-corrected chi connectivity index (χ2v) is 19.4. The van der Waals surface area contributed by atoms with Crippen LogP contribution in [0.2, 0.25) is 0 Å². The Kier molecular flexibility index (Phi) is 16.7. The maximum absolute atomic E-state index is 8.91. The smallest absolute Gasteiger partial charge is 0.181 e. The molecule has 0 fully saturated rings. The number of aliphatic hydroxyl groups is 1. The van der Waals surface area contributed by atoms with Gasteiger partial charge in [0, 0.05) is 38.7 Å². The molecule has 0 atom stereocenters. The fourth-order valence-corrected chi connectivity index (χ4v) is 6.92. The van der Waals surface area contributed by atoms with Gasteiger partial charge in [0.1, 0.15) is 17.8 Å². The summed E-state index contributed by atoms with van der Waals surface area (Å²) in [7, 11) is 0. The molecule has 0 radical (unpaired) electrons. The zero-order chi connectivity index (χ0) is 39.6. The number of rotatable bonds is 1. The van der Waals surface area contributed by atoms with E-state index in [-0.39, 0.29) is 33.8 Å². The Bertz CT molecular complexity index is 1500. The average Bonchev–Trinajstić information content (AvgIpc) is 3.78. The van der Waals surface area contributed by atoms with E-state index in [4.69, 9.17) is 14.0 Å². The van der Waals surface area contributed by atoms with Crippen LogP contribution in [0.1, 0.15) is 154 Å². The first-order chi connectivity index (χ1) is 23.1. The topological polar surface area (TPSA) is 116 Å². The van der Waals surface area contributed by atoms with Crippen LogP contribution >= 0.6 is 22.7 Å². The molecule has 5 heterocycles. The Morgan fingerprint density at radius 2 is 1.20 bits per heavy atom. The molecule has 0 aliphatic rings. The van der Waals surface area contributed by atoms with Crippen LogP contribution in [0, 0.1) is 27.7 Å². The molecule has 5 rings (SSSR count). The molecular formula is C40H66N6O3S2. The van der Waals surface area contributed by atoms with Gasteiger partial charge in [0.2, 0.25) is 0 Å². The minimum absolute atomic E-state index is 0.0517. The van der Waals surface area contributed by atoms with Gasteiger partial charge in [0.15, 0.2) is 6.39 Å². The Morgan fingerprint density at radius 3 is 1.43 bits per heavy atom. The lowest BCUT2D eigenvalue weighted by molar-refractivity contribution is 0.274. The largest absolute Gasteiger partial charge is 0.448 e. The van der Waals surface area contributed by atoms with Crippen molar-refractivity contribution in [3.63, 3.8) is 0 Å². The van der Waals surface area contributed by atoms with E-state index in [0.29, 0.717) is 0 Å². The summed E-state index contributed by atoms with van der Waals surface area (Å²) in [6.45, 7) is 40.4. The van der Waals surface area contributed by atoms with Crippen LogP contribution < -0.4 is 0 Å². The molecule has 0 saturated heterocycles. The second-order valence-electron chi connectivity index (χ2n) is 17.6. The number of aryl methyl sites for hydroxylation is 4. The summed E-state index contributed by atoms with van der Waals surface area (Å²) in [5.74, 6) is 2.06. The Labute approximate surface area is 316 Å². The Morgan fingerprint density at radius 1 is 0.647 bits per heavy atom. The van der Waals surface area contributed by atoms with Gasteiger partial charge >= 0.3 is 0 Å². The van der Waals surface area contributed by atoms with E-state index in [2.05, 4.69) is 140 Å². The summed E-state index contributed by atoms with van der Waals surface area (Å²) >= 11 is 3.36. The maximum Gasteiger partial charge on any atom is 0.181 e. The molecule has 0 aliphatic carbocycles. The highest BCUT2D eigenvalue weighted by Crippen LogP contribution is 2.30. The lowest BCUT2D eigenvalue weighted by atomic mass is 9.88. The van der Waals surface area contributed by atoms with Crippen molar-refractivity contribution in [2.24, 2.45) is 0 Å². The summed E-state index contributed by atoms with van der Waals surface area (Å²) in [6, 6.07) is 0. The number of aliphatic hydroxyl groups excluding tert-OH is 1. The fraction of sp³-hybridized carbons (Fsp3) is 0.625. The lowest BCUT2D eigenvalue weighted by Gasteiger charge is -2.21. The van der Waals surface area contributed by atoms with Crippen molar-refractivity contribution in [3.05, 3.63) is 85.7 Å². The van der Waals surface area contributed by atoms with Gasteiger partial charge in [-0.3, -0.25) is 0 Å². The van der Waals surface area contributed by atoms with Gasteiger partial charge in [-0.25, -0.2) is 19.9 Å². The molecular weight excluding hydrogens is 677 g/mol. The van der Waals surface area contributed by atoms with Crippen molar-refractivity contribution in [2.75, 3.05) is 0 Å². The molecule has 5 aromatic rings. The minimum atomic E-state index is 0.0517. The van der Waals surface area contributed by atoms with Gasteiger partial charge in [-0.05, 0) is 64.7 Å². The normalized spacial score (nSPS) is 12.0. The van der Waals surface area contributed by atoms with E-state index < -0.39 is 0 Å². The summed E-state index contributed by atoms with van der Waals surface area (Å²) < 4.78 is 12.2. The Hall–Kier alpha value is -3.15. The molecule has 0 spiro atoms. The van der Waals surface area contributed by atoms with Gasteiger partial charge in [0.25, 0.3) is 0 Å². The van der Waals surface area contributed by atoms with Gasteiger partial charge < -0.3 is 18.6 Å². The number of hydrogen-bond acceptors (Lipinski definition) is 10. The van der Waals surface area contributed by atoms with Gasteiger partial charge in [0.05, 0.1) is 40.4 Å². The first kappa shape index (κ1) is 45.9. The molecule has 286 valence electrons. The highest BCUT2D eigenvalue weighted by molar-refractivity contribution is 7.10. The number of imidazole rings is 1. The SMILES string of the molecule is CC(C)(C)c1scnc1CO.Cc1nccn1C(C)(C)C.Cc1ncoc1C(C)(C)C.Cc1ncsc1C(C)(C)C.Cc1nocc1C(C)(C)C. The van der Waals surface area contributed by atoms with Gasteiger partial charge in [-0.15, -0.1) is 22.7 Å². The third-order valence-corrected chi connectivity index (χ3v) is 10.1. The van der Waals surface area contributed by atoms with Crippen LogP contribution in [-0.4, -0.2) is 34.8 Å². The zero-order valence-corrected chi connectivity index (χ0v) is 36.6. The van der Waals surface area contributed by atoms with Crippen molar-refractivity contribution in [1.29, 1.82) is 0 Å². The summed E-state index contributed by atoms with van der Waals surface area (Å²) in [5, 5.41) is 12.7. The average molecular weight is 743 g/mol. The molecule has 0 amide bonds. The van der Waals surface area contributed by atoms with Crippen molar-refractivity contribution in [2.45, 2.75) is 165 Å².